The predicted octanol–water partition coefficient (Wildman–Crippen LogP) is 12.4. The highest BCUT2D eigenvalue weighted by Gasteiger charge is 2.51. The first-order valence-electron chi connectivity index (χ1n) is 18.8. The molecule has 0 bridgehead atoms. The van der Waals surface area contributed by atoms with Crippen LogP contribution in [0, 0.1) is 0 Å². The number of hydrogen-bond donors (Lipinski definition) is 0. The van der Waals surface area contributed by atoms with Gasteiger partial charge in [0.25, 0.3) is 0 Å². The fourth-order valence-electron chi connectivity index (χ4n) is 8.40. The molecule has 0 spiro atoms. The third-order valence-corrected chi connectivity index (χ3v) is 13.6. The molecule has 0 amide bonds. The van der Waals surface area contributed by atoms with Crippen molar-refractivity contribution in [1.82, 2.24) is 0 Å². The first-order chi connectivity index (χ1) is 27.3. The molecule has 0 fully saturated rings. The molecule has 274 valence electrons. The van der Waals surface area contributed by atoms with Crippen LogP contribution < -0.4 is 9.80 Å². The van der Waals surface area contributed by atoms with E-state index < -0.39 is 27.2 Å². The molecule has 6 heteroatoms. The molecule has 8 aromatic carbocycles. The Balaban J connectivity index is 1.58. The Morgan fingerprint density at radius 2 is 0.679 bits per heavy atom. The van der Waals surface area contributed by atoms with Gasteiger partial charge in [0.15, 0.2) is 0 Å². The van der Waals surface area contributed by atoms with Crippen molar-refractivity contribution in [3.63, 3.8) is 0 Å². The van der Waals surface area contributed by atoms with E-state index in [0.717, 1.165) is 77.4 Å². The van der Waals surface area contributed by atoms with E-state index >= 15 is 0 Å². The lowest BCUT2D eigenvalue weighted by Gasteiger charge is -2.31. The van der Waals surface area contributed by atoms with Crippen LogP contribution in [0.4, 0.5) is 11.4 Å². The first-order valence-corrected chi connectivity index (χ1v) is 20.7. The molecule has 4 atom stereocenters. The average molecular weight is 767 g/mol. The summed E-state index contributed by atoms with van der Waals surface area (Å²) in [5, 5.41) is 2.09. The molecule has 0 heterocycles. The van der Waals surface area contributed by atoms with Crippen molar-refractivity contribution >= 4 is 49.8 Å². The van der Waals surface area contributed by atoms with E-state index in [-0.39, 0.29) is 0 Å². The minimum absolute atomic E-state index is 0.771. The van der Waals surface area contributed by atoms with Crippen molar-refractivity contribution in [3.05, 3.63) is 215 Å². The second kappa shape index (κ2) is 15.3. The molecular formula is C50H44N2O2P2+2. The molecule has 0 aliphatic carbocycles. The highest BCUT2D eigenvalue weighted by Crippen LogP contribution is 2.57. The maximum Gasteiger partial charge on any atom is 0.345 e. The lowest BCUT2D eigenvalue weighted by Crippen LogP contribution is -2.26. The maximum absolute atomic E-state index is 14.6. The van der Waals surface area contributed by atoms with Gasteiger partial charge in [-0.15, -0.1) is 0 Å². The lowest BCUT2D eigenvalue weighted by molar-refractivity contribution is 0.585. The largest absolute Gasteiger partial charge is 0.378 e. The summed E-state index contributed by atoms with van der Waals surface area (Å²) in [6.45, 7) is 0. The standard InChI is InChI=1S/C50H42N2O2P2/c1-51(2)41-29-25-39(26-30-41)49(55-53,37-17-7-5-8-18-37)45-33-23-35-15-11-13-21-43(35)47(45)48-44-22-14-12-16-36(44)24-34-46(48)50(56-54,38-19-9-6-10-20-38)40-27-31-42(32-28-40)52(3)4/h5-34H,1-4H3/p+2. The van der Waals surface area contributed by atoms with Gasteiger partial charge in [0, 0.05) is 72.9 Å². The lowest BCUT2D eigenvalue weighted by atomic mass is 9.74. The number of benzene rings is 8. The fraction of sp³-hybridized carbons (Fsp3) is 0.120. The van der Waals surface area contributed by atoms with Crippen LogP contribution in [0.1, 0.15) is 33.4 Å². The highest BCUT2D eigenvalue weighted by atomic mass is 31.1. The van der Waals surface area contributed by atoms with Crippen LogP contribution in [-0.4, -0.2) is 28.2 Å². The molecule has 0 aliphatic heterocycles. The monoisotopic (exact) mass is 766 g/mol. The highest BCUT2D eigenvalue weighted by molar-refractivity contribution is 7.26. The Labute approximate surface area is 332 Å². The number of nitrogens with zero attached hydrogens (tertiary/aromatic N) is 2. The van der Waals surface area contributed by atoms with E-state index in [0.29, 0.717) is 0 Å². The van der Waals surface area contributed by atoms with E-state index in [4.69, 9.17) is 0 Å². The van der Waals surface area contributed by atoms with Gasteiger partial charge in [-0.2, -0.15) is 0 Å². The van der Waals surface area contributed by atoms with Crippen molar-refractivity contribution < 1.29 is 9.13 Å². The van der Waals surface area contributed by atoms with Gasteiger partial charge in [-0.1, -0.05) is 167 Å². The number of fused-ring (bicyclic) bond motifs is 2. The van der Waals surface area contributed by atoms with Crippen molar-refractivity contribution in [2.45, 2.75) is 10.3 Å². The maximum atomic E-state index is 14.6. The molecule has 8 aromatic rings. The molecule has 0 aliphatic rings. The first kappa shape index (κ1) is 37.0. The minimum Gasteiger partial charge on any atom is -0.378 e. The summed E-state index contributed by atoms with van der Waals surface area (Å²) in [5.74, 6) is 0. The molecule has 56 heavy (non-hydrogen) atoms. The summed E-state index contributed by atoms with van der Waals surface area (Å²) in [7, 11) is 6.58. The van der Waals surface area contributed by atoms with Crippen LogP contribution in [0.2, 0.25) is 0 Å². The van der Waals surface area contributed by atoms with Crippen LogP contribution in [0.3, 0.4) is 0 Å². The third kappa shape index (κ3) is 6.11. The van der Waals surface area contributed by atoms with E-state index in [1.165, 1.54) is 0 Å². The Morgan fingerprint density at radius 3 is 1.02 bits per heavy atom. The zero-order chi connectivity index (χ0) is 38.9. The minimum atomic E-state index is -1.05. The van der Waals surface area contributed by atoms with Crippen LogP contribution in [0.5, 0.6) is 0 Å². The van der Waals surface area contributed by atoms with Crippen LogP contribution in [-0.2, 0) is 19.4 Å². The van der Waals surface area contributed by atoms with E-state index in [1.54, 1.807) is 0 Å². The van der Waals surface area contributed by atoms with Crippen molar-refractivity contribution in [1.29, 1.82) is 0 Å². The van der Waals surface area contributed by atoms with Gasteiger partial charge in [-0.3, -0.25) is 0 Å². The van der Waals surface area contributed by atoms with Crippen molar-refractivity contribution in [2.24, 2.45) is 0 Å². The Hall–Kier alpha value is -5.92. The molecule has 0 radical (unpaired) electrons. The topological polar surface area (TPSA) is 40.6 Å². The number of rotatable bonds is 11. The van der Waals surface area contributed by atoms with Gasteiger partial charge in [0.2, 0.25) is 10.3 Å². The van der Waals surface area contributed by atoms with Gasteiger partial charge in [0.1, 0.15) is 0 Å². The molecule has 0 saturated heterocycles. The predicted molar refractivity (Wildman–Crippen MR) is 239 cm³/mol. The molecule has 8 rings (SSSR count). The van der Waals surface area contributed by atoms with Gasteiger partial charge >= 0.3 is 16.9 Å². The number of hydrogen-bond acceptors (Lipinski definition) is 4. The van der Waals surface area contributed by atoms with E-state index in [2.05, 4.69) is 155 Å². The van der Waals surface area contributed by atoms with Gasteiger partial charge in [-0.05, 0) is 56.9 Å². The molecule has 4 nitrogen and oxygen atoms in total. The van der Waals surface area contributed by atoms with Gasteiger partial charge in [0.05, 0.1) is 0 Å². The normalized spacial score (nSPS) is 13.7. The van der Waals surface area contributed by atoms with Crippen LogP contribution in [0.25, 0.3) is 32.7 Å². The van der Waals surface area contributed by atoms with E-state index in [9.17, 15) is 9.13 Å². The quantitative estimate of drug-likeness (QED) is 0.0971. The molecule has 0 saturated carbocycles. The third-order valence-electron chi connectivity index (χ3n) is 11.3. The Morgan fingerprint density at radius 1 is 0.357 bits per heavy atom. The Kier molecular flexibility index (Phi) is 10.1. The summed E-state index contributed by atoms with van der Waals surface area (Å²) in [5.41, 5.74) is 9.64. The van der Waals surface area contributed by atoms with Crippen LogP contribution >= 0.6 is 16.9 Å². The second-order valence-electron chi connectivity index (χ2n) is 14.7. The molecule has 0 N–H and O–H groups in total. The second-order valence-corrected chi connectivity index (χ2v) is 16.6. The average Bonchev–Trinajstić information content (AvgIpc) is 3.25. The smallest absolute Gasteiger partial charge is 0.345 e. The molecule has 0 aromatic heterocycles. The van der Waals surface area contributed by atoms with Crippen molar-refractivity contribution in [3.8, 4) is 11.1 Å². The summed E-state index contributed by atoms with van der Waals surface area (Å²) in [6, 6.07) is 63.0. The fourth-order valence-corrected chi connectivity index (χ4v) is 10.2. The zero-order valence-electron chi connectivity index (χ0n) is 32.0. The number of anilines is 2. The summed E-state index contributed by atoms with van der Waals surface area (Å²) < 4.78 is 29.2. The summed E-state index contributed by atoms with van der Waals surface area (Å²) in [6.07, 6.45) is 0. The SMILES string of the molecule is CN(C)c1ccc(C([PH+]=O)(c2ccccc2)c2ccc3ccccc3c2-c2c(C([PH+]=O)(c3ccccc3)c3ccc(N(C)C)cc3)ccc3ccccc23)cc1. The molecule has 4 unspecified atom stereocenters. The zero-order valence-corrected chi connectivity index (χ0v) is 34.0. The van der Waals surface area contributed by atoms with Gasteiger partial charge < -0.3 is 9.80 Å². The Bertz CT molecular complexity index is 2490. The van der Waals surface area contributed by atoms with E-state index in [1.807, 2.05) is 64.6 Å². The van der Waals surface area contributed by atoms with Gasteiger partial charge in [-0.25, -0.2) is 0 Å². The summed E-state index contributed by atoms with van der Waals surface area (Å²) in [4.78, 5) is 4.16. The molecular weight excluding hydrogens is 723 g/mol. The summed E-state index contributed by atoms with van der Waals surface area (Å²) >= 11 is 0. The van der Waals surface area contributed by atoms with Crippen molar-refractivity contribution in [2.75, 3.05) is 38.0 Å². The van der Waals surface area contributed by atoms with Crippen LogP contribution in [0.15, 0.2) is 182 Å².